The van der Waals surface area contributed by atoms with Crippen LogP contribution >= 0.6 is 0 Å². The largest absolute Gasteiger partial charge is 0.542 e. The second kappa shape index (κ2) is 8.46. The lowest BCUT2D eigenvalue weighted by atomic mass is 9.96. The predicted molar refractivity (Wildman–Crippen MR) is 104 cm³/mol. The minimum atomic E-state index is -2.24. The first kappa shape index (κ1) is 21.5. The molecule has 2 aromatic rings. The van der Waals surface area contributed by atoms with Crippen molar-refractivity contribution in [2.45, 2.75) is 59.2 Å². The van der Waals surface area contributed by atoms with E-state index >= 15 is 4.39 Å². The van der Waals surface area contributed by atoms with Gasteiger partial charge >= 0.3 is 0 Å². The van der Waals surface area contributed by atoms with Crippen LogP contribution in [0.2, 0.25) is 19.6 Å². The summed E-state index contributed by atoms with van der Waals surface area (Å²) in [6.45, 7) is 9.39. The number of benzene rings is 2. The topological polar surface area (TPSA) is 9.23 Å². The van der Waals surface area contributed by atoms with Gasteiger partial charge in [0.2, 0.25) is 8.32 Å². The van der Waals surface area contributed by atoms with E-state index in [-0.39, 0.29) is 28.9 Å². The summed E-state index contributed by atoms with van der Waals surface area (Å²) in [5.41, 5.74) is 0.478. The fourth-order valence-corrected chi connectivity index (χ4v) is 3.79. The lowest BCUT2D eigenvalue weighted by Gasteiger charge is -2.24. The summed E-state index contributed by atoms with van der Waals surface area (Å²) in [6.07, 6.45) is 2.08. The molecule has 0 aliphatic carbocycles. The molecule has 0 saturated heterocycles. The molecule has 2 aromatic carbocycles. The molecule has 27 heavy (non-hydrogen) atoms. The predicted octanol–water partition coefficient (Wildman–Crippen LogP) is 7.03. The summed E-state index contributed by atoms with van der Waals surface area (Å²) >= 11 is 0. The molecule has 148 valence electrons. The van der Waals surface area contributed by atoms with Crippen molar-refractivity contribution in [3.8, 4) is 16.9 Å². The Morgan fingerprint density at radius 1 is 0.741 bits per heavy atom. The maximum absolute atomic E-state index is 15.1. The third-order valence-electron chi connectivity index (χ3n) is 4.14. The molecule has 0 amide bonds. The van der Waals surface area contributed by atoms with Gasteiger partial charge in [0.15, 0.2) is 23.3 Å². The van der Waals surface area contributed by atoms with Crippen LogP contribution in [0.4, 0.5) is 17.6 Å². The molecule has 0 spiro atoms. The first-order valence-corrected chi connectivity index (χ1v) is 12.7. The third kappa shape index (κ3) is 4.72. The van der Waals surface area contributed by atoms with E-state index in [0.29, 0.717) is 18.4 Å². The second-order valence-electron chi connectivity index (χ2n) is 7.65. The fraction of sp³-hybridized carbons (Fsp3) is 0.429. The molecule has 0 aromatic heterocycles. The summed E-state index contributed by atoms with van der Waals surface area (Å²) in [5, 5.41) is 0. The maximum atomic E-state index is 15.1. The molecule has 0 N–H and O–H groups in total. The molecule has 0 aliphatic heterocycles. The van der Waals surface area contributed by atoms with E-state index in [4.69, 9.17) is 4.43 Å². The van der Waals surface area contributed by atoms with Crippen molar-refractivity contribution in [1.82, 2.24) is 0 Å². The van der Waals surface area contributed by atoms with Gasteiger partial charge in [-0.25, -0.2) is 17.6 Å². The van der Waals surface area contributed by atoms with E-state index in [1.807, 2.05) is 33.5 Å². The fourth-order valence-electron chi connectivity index (χ4n) is 2.98. The highest BCUT2D eigenvalue weighted by atomic mass is 28.4. The monoisotopic (exact) mass is 398 g/mol. The molecular formula is C21H26F4OSi. The van der Waals surface area contributed by atoms with E-state index in [1.54, 1.807) is 6.07 Å². The summed E-state index contributed by atoms with van der Waals surface area (Å²) in [5.74, 6) is -4.68. The van der Waals surface area contributed by atoms with Crippen molar-refractivity contribution in [1.29, 1.82) is 0 Å². The van der Waals surface area contributed by atoms with Crippen LogP contribution < -0.4 is 4.43 Å². The van der Waals surface area contributed by atoms with Crippen LogP contribution in [0, 0.1) is 23.3 Å². The Morgan fingerprint density at radius 2 is 1.33 bits per heavy atom. The van der Waals surface area contributed by atoms with Crippen molar-refractivity contribution in [2.75, 3.05) is 0 Å². The van der Waals surface area contributed by atoms with Gasteiger partial charge in [0.1, 0.15) is 5.75 Å². The summed E-state index contributed by atoms with van der Waals surface area (Å²) in [7, 11) is -2.24. The van der Waals surface area contributed by atoms with E-state index in [2.05, 4.69) is 0 Å². The molecule has 0 atom stereocenters. The molecule has 0 aliphatic rings. The highest BCUT2D eigenvalue weighted by Gasteiger charge is 2.27. The number of aryl methyl sites for hydroxylation is 2. The lowest BCUT2D eigenvalue weighted by molar-refractivity contribution is 0.441. The maximum Gasteiger partial charge on any atom is 0.242 e. The van der Waals surface area contributed by atoms with E-state index in [0.717, 1.165) is 6.42 Å². The van der Waals surface area contributed by atoms with E-state index < -0.39 is 31.6 Å². The van der Waals surface area contributed by atoms with Crippen LogP contribution in [0.3, 0.4) is 0 Å². The summed E-state index contributed by atoms with van der Waals surface area (Å²) < 4.78 is 63.8. The Bertz CT molecular complexity index is 828. The second-order valence-corrected chi connectivity index (χ2v) is 12.1. The van der Waals surface area contributed by atoms with Crippen LogP contribution in [0.15, 0.2) is 18.2 Å². The SMILES string of the molecule is CCCc1cc(-c2ccc(CCC)c(F)c2O[Si](C)(C)C)c(F)c(F)c1F. The first-order chi connectivity index (χ1) is 12.6. The molecule has 0 unspecified atom stereocenters. The number of hydrogen-bond acceptors (Lipinski definition) is 1. The van der Waals surface area contributed by atoms with Crippen molar-refractivity contribution in [3.05, 3.63) is 52.6 Å². The third-order valence-corrected chi connectivity index (χ3v) is 4.95. The molecule has 0 saturated carbocycles. The highest BCUT2D eigenvalue weighted by Crippen LogP contribution is 2.39. The molecule has 0 fully saturated rings. The molecule has 0 radical (unpaired) electrons. The van der Waals surface area contributed by atoms with Gasteiger partial charge in [-0.15, -0.1) is 0 Å². The van der Waals surface area contributed by atoms with Crippen molar-refractivity contribution in [2.24, 2.45) is 0 Å². The zero-order valence-electron chi connectivity index (χ0n) is 16.5. The van der Waals surface area contributed by atoms with Crippen molar-refractivity contribution >= 4 is 8.32 Å². The number of rotatable bonds is 7. The number of halogens is 4. The van der Waals surface area contributed by atoms with Gasteiger partial charge in [-0.2, -0.15) is 0 Å². The summed E-state index contributed by atoms with van der Waals surface area (Å²) in [6, 6.07) is 4.36. The van der Waals surface area contributed by atoms with Gasteiger partial charge in [-0.05, 0) is 49.7 Å². The molecule has 1 nitrogen and oxygen atoms in total. The van der Waals surface area contributed by atoms with Crippen LogP contribution in [-0.2, 0) is 12.8 Å². The smallest absolute Gasteiger partial charge is 0.242 e. The quantitative estimate of drug-likeness (QED) is 0.276. The average Bonchev–Trinajstić information content (AvgIpc) is 2.59. The minimum absolute atomic E-state index is 0.0726. The van der Waals surface area contributed by atoms with E-state index in [1.165, 1.54) is 12.1 Å². The van der Waals surface area contributed by atoms with Gasteiger partial charge in [0.05, 0.1) is 0 Å². The van der Waals surface area contributed by atoms with Crippen LogP contribution in [0.5, 0.6) is 5.75 Å². The Morgan fingerprint density at radius 3 is 1.89 bits per heavy atom. The van der Waals surface area contributed by atoms with Gasteiger partial charge in [-0.1, -0.05) is 38.8 Å². The molecule has 0 bridgehead atoms. The number of hydrogen-bond donors (Lipinski definition) is 0. The standard InChI is InChI=1S/C21H26F4OSi/c1-6-8-13-10-11-15(21(18(13)23)26-27(3,4)5)16-12-14(9-7-2)17(22)20(25)19(16)24/h10-12H,6-9H2,1-5H3. The first-order valence-electron chi connectivity index (χ1n) is 9.27. The van der Waals surface area contributed by atoms with Crippen LogP contribution in [-0.4, -0.2) is 8.32 Å². The molecule has 6 heteroatoms. The van der Waals surface area contributed by atoms with Gasteiger partial charge in [0, 0.05) is 11.1 Å². The molecule has 2 rings (SSSR count). The normalized spacial score (nSPS) is 11.7. The Kier molecular flexibility index (Phi) is 6.73. The van der Waals surface area contributed by atoms with Crippen molar-refractivity contribution in [3.63, 3.8) is 0 Å². The van der Waals surface area contributed by atoms with Gasteiger partial charge in [0.25, 0.3) is 0 Å². The average molecular weight is 399 g/mol. The van der Waals surface area contributed by atoms with Crippen molar-refractivity contribution < 1.29 is 22.0 Å². The lowest BCUT2D eigenvalue weighted by Crippen LogP contribution is -2.30. The zero-order chi connectivity index (χ0) is 20.4. The van der Waals surface area contributed by atoms with Gasteiger partial charge in [-0.3, -0.25) is 0 Å². The van der Waals surface area contributed by atoms with E-state index in [9.17, 15) is 13.2 Å². The zero-order valence-corrected chi connectivity index (χ0v) is 17.5. The minimum Gasteiger partial charge on any atom is -0.542 e. The van der Waals surface area contributed by atoms with Crippen LogP contribution in [0.1, 0.15) is 37.8 Å². The highest BCUT2D eigenvalue weighted by molar-refractivity contribution is 6.70. The Hall–Kier alpha value is -1.82. The molecule has 0 heterocycles. The summed E-state index contributed by atoms with van der Waals surface area (Å²) in [4.78, 5) is 0. The van der Waals surface area contributed by atoms with Crippen LogP contribution in [0.25, 0.3) is 11.1 Å². The Labute approximate surface area is 159 Å². The Balaban J connectivity index is 2.76. The van der Waals surface area contributed by atoms with Gasteiger partial charge < -0.3 is 4.43 Å². The molecular weight excluding hydrogens is 372 g/mol.